The second-order valence-electron chi connectivity index (χ2n) is 3.66. The third-order valence-electron chi connectivity index (χ3n) is 2.45. The number of nitro benzene ring substituents is 1. The average molecular weight is 466 g/mol. The smallest absolute Gasteiger partial charge is 0.270 e. The van der Waals surface area contributed by atoms with Gasteiger partial charge in [0.05, 0.1) is 4.92 Å². The van der Waals surface area contributed by atoms with Crippen LogP contribution in [-0.2, 0) is 0 Å². The van der Waals surface area contributed by atoms with Gasteiger partial charge in [0.15, 0.2) is 0 Å². The molecular weight excluding hydrogens is 458 g/mol. The fraction of sp³-hybridized carbons (Fsp3) is 0. The Kier molecular flexibility index (Phi) is 4.05. The van der Waals surface area contributed by atoms with Gasteiger partial charge in [0, 0.05) is 25.0 Å². The molecule has 0 spiro atoms. The van der Waals surface area contributed by atoms with Crippen LogP contribution in [0.2, 0.25) is 0 Å². The second-order valence-corrected chi connectivity index (χ2v) is 5.98. The van der Waals surface area contributed by atoms with E-state index >= 15 is 0 Å². The zero-order chi connectivity index (χ0) is 13.3. The van der Waals surface area contributed by atoms with Gasteiger partial charge in [0.1, 0.15) is 0 Å². The minimum Gasteiger partial charge on any atom is -0.399 e. The quantitative estimate of drug-likeness (QED) is 0.315. The molecule has 2 aromatic carbocycles. The SMILES string of the molecule is Nc1ccc(-c2ccc([N+](=O)[O-])cc2I)c(I)c1. The van der Waals surface area contributed by atoms with E-state index in [1.165, 1.54) is 6.07 Å². The highest BCUT2D eigenvalue weighted by molar-refractivity contribution is 14.1. The van der Waals surface area contributed by atoms with E-state index in [1.54, 1.807) is 12.1 Å². The van der Waals surface area contributed by atoms with Gasteiger partial charge in [-0.15, -0.1) is 0 Å². The van der Waals surface area contributed by atoms with Crippen molar-refractivity contribution in [2.45, 2.75) is 0 Å². The average Bonchev–Trinajstić information content (AvgIpc) is 2.30. The molecule has 0 aliphatic heterocycles. The molecule has 0 heterocycles. The van der Waals surface area contributed by atoms with Gasteiger partial charge in [-0.05, 0) is 74.5 Å². The zero-order valence-electron chi connectivity index (χ0n) is 9.06. The first-order valence-corrected chi connectivity index (χ1v) is 7.14. The summed E-state index contributed by atoms with van der Waals surface area (Å²) in [7, 11) is 0. The minimum atomic E-state index is -0.389. The lowest BCUT2D eigenvalue weighted by Gasteiger charge is -2.08. The van der Waals surface area contributed by atoms with Crippen molar-refractivity contribution >= 4 is 56.6 Å². The summed E-state index contributed by atoms with van der Waals surface area (Å²) in [4.78, 5) is 10.3. The number of benzene rings is 2. The van der Waals surface area contributed by atoms with Crippen LogP contribution in [0.25, 0.3) is 11.1 Å². The number of hydrogen-bond acceptors (Lipinski definition) is 3. The first-order chi connectivity index (χ1) is 8.49. The van der Waals surface area contributed by atoms with E-state index in [4.69, 9.17) is 5.73 Å². The van der Waals surface area contributed by atoms with Crippen molar-refractivity contribution in [3.8, 4) is 11.1 Å². The van der Waals surface area contributed by atoms with Crippen molar-refractivity contribution in [3.63, 3.8) is 0 Å². The molecule has 6 heteroatoms. The lowest BCUT2D eigenvalue weighted by Crippen LogP contribution is -1.93. The maximum absolute atomic E-state index is 10.7. The van der Waals surface area contributed by atoms with Gasteiger partial charge in [-0.1, -0.05) is 6.07 Å². The van der Waals surface area contributed by atoms with E-state index in [0.717, 1.165) is 18.3 Å². The van der Waals surface area contributed by atoms with E-state index in [2.05, 4.69) is 45.2 Å². The lowest BCUT2D eigenvalue weighted by molar-refractivity contribution is -0.384. The Bertz CT molecular complexity index is 629. The van der Waals surface area contributed by atoms with Crippen molar-refractivity contribution < 1.29 is 4.92 Å². The Hall–Kier alpha value is -0.900. The van der Waals surface area contributed by atoms with Crippen LogP contribution >= 0.6 is 45.2 Å². The van der Waals surface area contributed by atoms with Gasteiger partial charge in [0.2, 0.25) is 0 Å². The molecule has 0 saturated heterocycles. The summed E-state index contributed by atoms with van der Waals surface area (Å²) in [5.41, 5.74) is 8.53. The number of nitrogens with two attached hydrogens (primary N) is 1. The van der Waals surface area contributed by atoms with Gasteiger partial charge < -0.3 is 5.73 Å². The molecular formula is C12H8I2N2O2. The monoisotopic (exact) mass is 466 g/mol. The zero-order valence-corrected chi connectivity index (χ0v) is 13.4. The molecule has 0 amide bonds. The highest BCUT2D eigenvalue weighted by Gasteiger charge is 2.12. The topological polar surface area (TPSA) is 69.2 Å². The van der Waals surface area contributed by atoms with Crippen LogP contribution in [0.3, 0.4) is 0 Å². The van der Waals surface area contributed by atoms with Gasteiger partial charge >= 0.3 is 0 Å². The van der Waals surface area contributed by atoms with Crippen LogP contribution < -0.4 is 5.73 Å². The van der Waals surface area contributed by atoms with Crippen LogP contribution in [0, 0.1) is 17.3 Å². The van der Waals surface area contributed by atoms with E-state index in [1.807, 2.05) is 18.2 Å². The first kappa shape index (κ1) is 13.5. The van der Waals surface area contributed by atoms with Crippen LogP contribution in [0.5, 0.6) is 0 Å². The summed E-state index contributed by atoms with van der Waals surface area (Å²) in [6.07, 6.45) is 0. The second kappa shape index (κ2) is 5.39. The normalized spacial score (nSPS) is 10.3. The summed E-state index contributed by atoms with van der Waals surface area (Å²) in [6, 6.07) is 10.5. The number of nitro groups is 1. The molecule has 92 valence electrons. The van der Waals surface area contributed by atoms with E-state index in [-0.39, 0.29) is 10.6 Å². The van der Waals surface area contributed by atoms with E-state index < -0.39 is 0 Å². The Morgan fingerprint density at radius 1 is 1.00 bits per heavy atom. The Labute approximate surface area is 131 Å². The highest BCUT2D eigenvalue weighted by Crippen LogP contribution is 2.32. The standard InChI is InChI=1S/C12H8I2N2O2/c13-11-5-7(15)1-3-9(11)10-4-2-8(16(17)18)6-12(10)14/h1-6H,15H2. The van der Waals surface area contributed by atoms with Gasteiger partial charge in [0.25, 0.3) is 5.69 Å². The molecule has 2 N–H and O–H groups in total. The number of rotatable bonds is 2. The Morgan fingerprint density at radius 2 is 1.56 bits per heavy atom. The molecule has 0 bridgehead atoms. The highest BCUT2D eigenvalue weighted by atomic mass is 127. The summed E-state index contributed by atoms with van der Waals surface area (Å²) >= 11 is 4.32. The summed E-state index contributed by atoms with van der Waals surface area (Å²) in [5.74, 6) is 0. The maximum atomic E-state index is 10.7. The summed E-state index contributed by atoms with van der Waals surface area (Å²) < 4.78 is 1.88. The number of non-ortho nitro benzene ring substituents is 1. The number of halogens is 2. The van der Waals surface area contributed by atoms with E-state index in [9.17, 15) is 10.1 Å². The molecule has 0 unspecified atom stereocenters. The largest absolute Gasteiger partial charge is 0.399 e. The first-order valence-electron chi connectivity index (χ1n) is 4.98. The number of anilines is 1. The molecule has 2 rings (SSSR count). The molecule has 0 aliphatic rings. The molecule has 0 aromatic heterocycles. The van der Waals surface area contributed by atoms with Crippen molar-refractivity contribution in [1.29, 1.82) is 0 Å². The lowest BCUT2D eigenvalue weighted by atomic mass is 10.1. The van der Waals surface area contributed by atoms with Gasteiger partial charge in [-0.3, -0.25) is 10.1 Å². The molecule has 4 nitrogen and oxygen atoms in total. The maximum Gasteiger partial charge on any atom is 0.270 e. The molecule has 0 atom stereocenters. The summed E-state index contributed by atoms with van der Waals surface area (Å²) in [6.45, 7) is 0. The Morgan fingerprint density at radius 3 is 2.06 bits per heavy atom. The van der Waals surface area contributed by atoms with Crippen LogP contribution in [0.15, 0.2) is 36.4 Å². The molecule has 2 aromatic rings. The van der Waals surface area contributed by atoms with Crippen molar-refractivity contribution in [1.82, 2.24) is 0 Å². The molecule has 0 radical (unpaired) electrons. The third-order valence-corrected chi connectivity index (χ3v) is 4.23. The van der Waals surface area contributed by atoms with Crippen molar-refractivity contribution in [3.05, 3.63) is 53.7 Å². The predicted molar refractivity (Wildman–Crippen MR) is 88.4 cm³/mol. The molecule has 18 heavy (non-hydrogen) atoms. The van der Waals surface area contributed by atoms with Crippen LogP contribution in [0.1, 0.15) is 0 Å². The third kappa shape index (κ3) is 2.74. The van der Waals surface area contributed by atoms with Crippen molar-refractivity contribution in [2.75, 3.05) is 5.73 Å². The number of nitrogen functional groups attached to an aromatic ring is 1. The predicted octanol–water partition coefficient (Wildman–Crippen LogP) is 4.05. The van der Waals surface area contributed by atoms with Crippen LogP contribution in [0.4, 0.5) is 11.4 Å². The van der Waals surface area contributed by atoms with Gasteiger partial charge in [-0.2, -0.15) is 0 Å². The van der Waals surface area contributed by atoms with Crippen molar-refractivity contribution in [2.24, 2.45) is 0 Å². The van der Waals surface area contributed by atoms with Crippen LogP contribution in [-0.4, -0.2) is 4.92 Å². The molecule has 0 saturated carbocycles. The summed E-state index contributed by atoms with van der Waals surface area (Å²) in [5, 5.41) is 10.7. The number of hydrogen-bond donors (Lipinski definition) is 1. The van der Waals surface area contributed by atoms with E-state index in [0.29, 0.717) is 5.69 Å². The molecule has 0 fully saturated rings. The fourth-order valence-corrected chi connectivity index (χ4v) is 3.21. The molecule has 0 aliphatic carbocycles. The van der Waals surface area contributed by atoms with Gasteiger partial charge in [-0.25, -0.2) is 0 Å². The fourth-order valence-electron chi connectivity index (χ4n) is 1.59. The number of nitrogens with zero attached hydrogens (tertiary/aromatic N) is 1. The minimum absolute atomic E-state index is 0.105. The Balaban J connectivity index is 2.54.